The van der Waals surface area contributed by atoms with Gasteiger partial charge in [-0.25, -0.2) is 0 Å². The Labute approximate surface area is 146 Å². The topological polar surface area (TPSA) is 76.5 Å². The third-order valence-electron chi connectivity index (χ3n) is 4.21. The number of nitrogens with one attached hydrogen (secondary N) is 1. The smallest absolute Gasteiger partial charge is 0.229 e. The molecule has 2 amide bonds. The molecule has 1 saturated heterocycles. The molecule has 1 aliphatic rings. The second-order valence-corrected chi connectivity index (χ2v) is 6.05. The first-order valence-electron chi connectivity index (χ1n) is 8.37. The van der Waals surface area contributed by atoms with Gasteiger partial charge in [-0.2, -0.15) is 5.10 Å². The fraction of sp³-hybridized carbons (Fsp3) is 0.389. The van der Waals surface area contributed by atoms with Gasteiger partial charge in [0, 0.05) is 50.1 Å². The first-order valence-corrected chi connectivity index (χ1v) is 8.37. The Hall–Kier alpha value is -2.83. The van der Waals surface area contributed by atoms with Crippen LogP contribution in [0.1, 0.15) is 19.3 Å². The number of hydrogen-bond donors (Lipinski definition) is 1. The van der Waals surface area contributed by atoms with Crippen molar-refractivity contribution in [3.63, 3.8) is 0 Å². The van der Waals surface area contributed by atoms with E-state index in [9.17, 15) is 9.59 Å². The number of aromatic nitrogens is 2. The van der Waals surface area contributed by atoms with E-state index < -0.39 is 0 Å². The van der Waals surface area contributed by atoms with Gasteiger partial charge in [-0.05, 0) is 24.6 Å². The summed E-state index contributed by atoms with van der Waals surface area (Å²) in [5.74, 6) is 0.684. The second kappa shape index (κ2) is 7.83. The maximum Gasteiger partial charge on any atom is 0.229 e. The molecule has 0 bridgehead atoms. The molecule has 2 aromatic rings. The molecule has 1 aliphatic heterocycles. The number of ether oxygens (including phenoxy) is 1. The van der Waals surface area contributed by atoms with Crippen molar-refractivity contribution in [1.82, 2.24) is 15.1 Å². The highest BCUT2D eigenvalue weighted by Crippen LogP contribution is 2.25. The zero-order valence-electron chi connectivity index (χ0n) is 14.2. The Bertz CT molecular complexity index is 730. The van der Waals surface area contributed by atoms with E-state index in [1.165, 1.54) is 0 Å². The number of anilines is 1. The summed E-state index contributed by atoms with van der Waals surface area (Å²) in [5, 5.41) is 7.06. The third kappa shape index (κ3) is 4.37. The molecule has 7 nitrogen and oxygen atoms in total. The molecule has 1 fully saturated rings. The number of nitrogens with zero attached hydrogens (tertiary/aromatic N) is 3. The summed E-state index contributed by atoms with van der Waals surface area (Å²) in [4.78, 5) is 26.0. The Balaban J connectivity index is 1.49. The van der Waals surface area contributed by atoms with Gasteiger partial charge >= 0.3 is 0 Å². The van der Waals surface area contributed by atoms with Crippen LogP contribution in [0.25, 0.3) is 0 Å². The fourth-order valence-electron chi connectivity index (χ4n) is 2.97. The number of carbonyl (C=O) groups is 2. The van der Waals surface area contributed by atoms with Crippen molar-refractivity contribution in [3.05, 3.63) is 42.7 Å². The highest BCUT2D eigenvalue weighted by atomic mass is 16.5. The highest BCUT2D eigenvalue weighted by Gasteiger charge is 2.31. The van der Waals surface area contributed by atoms with Gasteiger partial charge in [-0.1, -0.05) is 6.07 Å². The van der Waals surface area contributed by atoms with E-state index >= 15 is 0 Å². The van der Waals surface area contributed by atoms with Gasteiger partial charge in [-0.3, -0.25) is 14.3 Å². The Kier molecular flexibility index (Phi) is 5.33. The Morgan fingerprint density at radius 1 is 1.40 bits per heavy atom. The molecule has 25 heavy (non-hydrogen) atoms. The molecular formula is C18H22N4O3. The van der Waals surface area contributed by atoms with E-state index in [4.69, 9.17) is 4.74 Å². The predicted octanol–water partition coefficient (Wildman–Crippen LogP) is 1.59. The van der Waals surface area contributed by atoms with Gasteiger partial charge in [-0.15, -0.1) is 0 Å². The molecule has 2 heterocycles. The SMILES string of the molecule is COc1cccc(N2CC(NC(=O)CCCn3cccn3)CC2=O)c1. The lowest BCUT2D eigenvalue weighted by Gasteiger charge is -2.18. The van der Waals surface area contributed by atoms with Gasteiger partial charge in [0.2, 0.25) is 11.8 Å². The van der Waals surface area contributed by atoms with Crippen molar-refractivity contribution < 1.29 is 14.3 Å². The predicted molar refractivity (Wildman–Crippen MR) is 93.4 cm³/mol. The minimum Gasteiger partial charge on any atom is -0.497 e. The van der Waals surface area contributed by atoms with E-state index in [0.29, 0.717) is 38.1 Å². The summed E-state index contributed by atoms with van der Waals surface area (Å²) in [7, 11) is 1.59. The van der Waals surface area contributed by atoms with Crippen LogP contribution in [-0.2, 0) is 16.1 Å². The number of carbonyl (C=O) groups excluding carboxylic acids is 2. The highest BCUT2D eigenvalue weighted by molar-refractivity contribution is 5.97. The maximum atomic E-state index is 12.3. The number of aryl methyl sites for hydroxylation is 1. The van der Waals surface area contributed by atoms with Crippen LogP contribution >= 0.6 is 0 Å². The lowest BCUT2D eigenvalue weighted by atomic mass is 10.2. The molecule has 0 saturated carbocycles. The van der Waals surface area contributed by atoms with Crippen LogP contribution in [0.5, 0.6) is 5.75 Å². The van der Waals surface area contributed by atoms with Crippen molar-refractivity contribution >= 4 is 17.5 Å². The fourth-order valence-corrected chi connectivity index (χ4v) is 2.97. The average Bonchev–Trinajstić information content (AvgIpc) is 3.24. The van der Waals surface area contributed by atoms with E-state index in [1.807, 2.05) is 36.5 Å². The molecule has 0 radical (unpaired) electrons. The zero-order valence-corrected chi connectivity index (χ0v) is 14.2. The van der Waals surface area contributed by atoms with Crippen LogP contribution in [0.15, 0.2) is 42.7 Å². The second-order valence-electron chi connectivity index (χ2n) is 6.05. The molecule has 1 N–H and O–H groups in total. The summed E-state index contributed by atoms with van der Waals surface area (Å²) in [6.07, 6.45) is 5.05. The molecule has 1 aromatic heterocycles. The number of methoxy groups -OCH3 is 1. The standard InChI is InChI=1S/C18H22N4O3/c1-25-16-6-2-5-15(12-16)22-13-14(11-18(22)24)20-17(23)7-3-9-21-10-4-8-19-21/h2,4-6,8,10,12,14H,3,7,9,11,13H2,1H3,(H,20,23). The van der Waals surface area contributed by atoms with Crippen molar-refractivity contribution in [2.45, 2.75) is 31.8 Å². The molecule has 3 rings (SSSR count). The third-order valence-corrected chi connectivity index (χ3v) is 4.21. The van der Waals surface area contributed by atoms with Crippen LogP contribution in [-0.4, -0.2) is 41.3 Å². The first kappa shape index (κ1) is 17.0. The molecule has 1 unspecified atom stereocenters. The Morgan fingerprint density at radius 3 is 3.04 bits per heavy atom. The van der Waals surface area contributed by atoms with Gasteiger partial charge in [0.05, 0.1) is 13.2 Å². The minimum absolute atomic E-state index is 0.00935. The van der Waals surface area contributed by atoms with E-state index in [2.05, 4.69) is 10.4 Å². The summed E-state index contributed by atoms with van der Waals surface area (Å²) in [6, 6.07) is 9.08. The van der Waals surface area contributed by atoms with Crippen LogP contribution in [0.3, 0.4) is 0 Å². The maximum absolute atomic E-state index is 12.3. The van der Waals surface area contributed by atoms with Gasteiger partial charge < -0.3 is 15.0 Å². The molecule has 132 valence electrons. The average molecular weight is 342 g/mol. The molecule has 1 atom stereocenters. The van der Waals surface area contributed by atoms with Gasteiger partial charge in [0.15, 0.2) is 0 Å². The molecule has 0 aliphatic carbocycles. The first-order chi connectivity index (χ1) is 12.2. The zero-order chi connectivity index (χ0) is 17.6. The Morgan fingerprint density at radius 2 is 2.28 bits per heavy atom. The van der Waals surface area contributed by atoms with Crippen LogP contribution < -0.4 is 15.0 Å². The molecule has 0 spiro atoms. The van der Waals surface area contributed by atoms with Crippen molar-refractivity contribution in [1.29, 1.82) is 0 Å². The quantitative estimate of drug-likeness (QED) is 0.829. The summed E-state index contributed by atoms with van der Waals surface area (Å²) in [5.41, 5.74) is 0.791. The van der Waals surface area contributed by atoms with E-state index in [-0.39, 0.29) is 17.9 Å². The number of rotatable bonds is 7. The molecular weight excluding hydrogens is 320 g/mol. The minimum atomic E-state index is -0.157. The number of benzene rings is 1. The monoisotopic (exact) mass is 342 g/mol. The van der Waals surface area contributed by atoms with Crippen LogP contribution in [0.4, 0.5) is 5.69 Å². The summed E-state index contributed by atoms with van der Waals surface area (Å²) < 4.78 is 7.00. The van der Waals surface area contributed by atoms with Crippen LogP contribution in [0.2, 0.25) is 0 Å². The lowest BCUT2D eigenvalue weighted by molar-refractivity contribution is -0.121. The van der Waals surface area contributed by atoms with Crippen molar-refractivity contribution in [2.75, 3.05) is 18.6 Å². The van der Waals surface area contributed by atoms with E-state index in [0.717, 1.165) is 5.69 Å². The van der Waals surface area contributed by atoms with Crippen molar-refractivity contribution in [3.8, 4) is 5.75 Å². The molecule has 7 heteroatoms. The van der Waals surface area contributed by atoms with Gasteiger partial charge in [0.25, 0.3) is 0 Å². The number of amides is 2. The van der Waals surface area contributed by atoms with Crippen LogP contribution in [0, 0.1) is 0 Å². The van der Waals surface area contributed by atoms with Crippen molar-refractivity contribution in [2.24, 2.45) is 0 Å². The lowest BCUT2D eigenvalue weighted by Crippen LogP contribution is -2.37. The largest absolute Gasteiger partial charge is 0.497 e. The normalized spacial score (nSPS) is 16.9. The summed E-state index contributed by atoms with van der Waals surface area (Å²) >= 11 is 0. The number of hydrogen-bond acceptors (Lipinski definition) is 4. The van der Waals surface area contributed by atoms with E-state index in [1.54, 1.807) is 22.9 Å². The summed E-state index contributed by atoms with van der Waals surface area (Å²) in [6.45, 7) is 1.19. The van der Waals surface area contributed by atoms with Gasteiger partial charge in [0.1, 0.15) is 5.75 Å². The molecule has 1 aromatic carbocycles.